The number of pyridine rings is 1. The molecule has 0 radical (unpaired) electrons. The summed E-state index contributed by atoms with van der Waals surface area (Å²) in [7, 11) is 0. The van der Waals surface area contributed by atoms with E-state index in [1.54, 1.807) is 38.4 Å². The average Bonchev–Trinajstić information content (AvgIpc) is 2.73. The number of hydrogen-bond acceptors (Lipinski definition) is 4. The van der Waals surface area contributed by atoms with Gasteiger partial charge in [0.15, 0.2) is 0 Å². The summed E-state index contributed by atoms with van der Waals surface area (Å²) in [6, 6.07) is 3.61. The van der Waals surface area contributed by atoms with Gasteiger partial charge in [-0.05, 0) is 26.0 Å². The zero-order valence-corrected chi connectivity index (χ0v) is 9.73. The molecule has 0 saturated carbocycles. The summed E-state index contributed by atoms with van der Waals surface area (Å²) in [6.45, 7) is 3.92. The monoisotopic (exact) mass is 231 g/mol. The van der Waals surface area contributed by atoms with Gasteiger partial charge in [0, 0.05) is 23.7 Å². The SMILES string of the molecule is CCOC(=O)c1c(-c2ccncc2)n[nH]c1C. The highest BCUT2D eigenvalue weighted by Crippen LogP contribution is 2.23. The summed E-state index contributed by atoms with van der Waals surface area (Å²) >= 11 is 0. The number of nitrogens with one attached hydrogen (secondary N) is 1. The van der Waals surface area contributed by atoms with Gasteiger partial charge < -0.3 is 4.74 Å². The van der Waals surface area contributed by atoms with E-state index < -0.39 is 0 Å². The van der Waals surface area contributed by atoms with Crippen molar-refractivity contribution in [3.05, 3.63) is 35.8 Å². The van der Waals surface area contributed by atoms with E-state index in [4.69, 9.17) is 4.74 Å². The van der Waals surface area contributed by atoms with E-state index in [-0.39, 0.29) is 5.97 Å². The maximum absolute atomic E-state index is 11.8. The Morgan fingerprint density at radius 2 is 2.12 bits per heavy atom. The van der Waals surface area contributed by atoms with Crippen LogP contribution in [0.25, 0.3) is 11.3 Å². The molecule has 1 N–H and O–H groups in total. The molecule has 5 heteroatoms. The summed E-state index contributed by atoms with van der Waals surface area (Å²) in [5.41, 5.74) is 2.63. The van der Waals surface area contributed by atoms with E-state index in [0.717, 1.165) is 5.56 Å². The maximum atomic E-state index is 11.8. The smallest absolute Gasteiger partial charge is 0.342 e. The third kappa shape index (κ3) is 2.18. The van der Waals surface area contributed by atoms with E-state index in [9.17, 15) is 4.79 Å². The first kappa shape index (κ1) is 11.3. The number of ether oxygens (including phenoxy) is 1. The molecule has 0 aliphatic heterocycles. The predicted molar refractivity (Wildman–Crippen MR) is 62.5 cm³/mol. The van der Waals surface area contributed by atoms with Crippen molar-refractivity contribution >= 4 is 5.97 Å². The zero-order chi connectivity index (χ0) is 12.3. The van der Waals surface area contributed by atoms with E-state index >= 15 is 0 Å². The number of esters is 1. The van der Waals surface area contributed by atoms with Crippen LogP contribution >= 0.6 is 0 Å². The van der Waals surface area contributed by atoms with Gasteiger partial charge in [-0.15, -0.1) is 0 Å². The van der Waals surface area contributed by atoms with Crippen molar-refractivity contribution in [2.24, 2.45) is 0 Å². The highest BCUT2D eigenvalue weighted by atomic mass is 16.5. The summed E-state index contributed by atoms with van der Waals surface area (Å²) in [4.78, 5) is 15.8. The molecule has 0 atom stereocenters. The molecule has 5 nitrogen and oxygen atoms in total. The van der Waals surface area contributed by atoms with Crippen molar-refractivity contribution < 1.29 is 9.53 Å². The van der Waals surface area contributed by atoms with Crippen LogP contribution < -0.4 is 0 Å². The fourth-order valence-electron chi connectivity index (χ4n) is 1.60. The van der Waals surface area contributed by atoms with Crippen LogP contribution in [0.2, 0.25) is 0 Å². The van der Waals surface area contributed by atoms with Crippen molar-refractivity contribution in [1.82, 2.24) is 15.2 Å². The maximum Gasteiger partial charge on any atom is 0.342 e. The number of carbonyl (C=O) groups excluding carboxylic acids is 1. The summed E-state index contributed by atoms with van der Waals surface area (Å²) in [5, 5.41) is 6.94. The second kappa shape index (κ2) is 4.78. The largest absolute Gasteiger partial charge is 0.462 e. The lowest BCUT2D eigenvalue weighted by Crippen LogP contribution is -2.06. The quantitative estimate of drug-likeness (QED) is 0.820. The Labute approximate surface area is 98.8 Å². The van der Waals surface area contributed by atoms with Crippen LogP contribution in [0, 0.1) is 6.92 Å². The molecule has 0 aromatic carbocycles. The van der Waals surface area contributed by atoms with Gasteiger partial charge in [-0.25, -0.2) is 4.79 Å². The van der Waals surface area contributed by atoms with Crippen LogP contribution in [0.15, 0.2) is 24.5 Å². The molecule has 0 saturated heterocycles. The minimum absolute atomic E-state index is 0.346. The van der Waals surface area contributed by atoms with Crippen LogP contribution in [0.1, 0.15) is 23.0 Å². The second-order valence-corrected chi connectivity index (χ2v) is 3.53. The van der Waals surface area contributed by atoms with Crippen LogP contribution in [0.5, 0.6) is 0 Å². The Morgan fingerprint density at radius 3 is 2.76 bits per heavy atom. The molecule has 0 aliphatic carbocycles. The number of hydrogen-bond donors (Lipinski definition) is 1. The van der Waals surface area contributed by atoms with Gasteiger partial charge in [-0.2, -0.15) is 5.10 Å². The van der Waals surface area contributed by atoms with Crippen molar-refractivity contribution in [3.8, 4) is 11.3 Å². The molecule has 0 fully saturated rings. The number of H-pyrrole nitrogens is 1. The van der Waals surface area contributed by atoms with Gasteiger partial charge in [-0.3, -0.25) is 10.1 Å². The molecule has 2 rings (SSSR count). The normalized spacial score (nSPS) is 10.2. The topological polar surface area (TPSA) is 67.9 Å². The zero-order valence-electron chi connectivity index (χ0n) is 9.73. The molecule has 17 heavy (non-hydrogen) atoms. The number of aryl methyl sites for hydroxylation is 1. The van der Waals surface area contributed by atoms with E-state index in [2.05, 4.69) is 15.2 Å². The molecule has 0 unspecified atom stereocenters. The number of aromatic nitrogens is 3. The summed E-state index contributed by atoms with van der Waals surface area (Å²) in [6.07, 6.45) is 3.32. The van der Waals surface area contributed by atoms with Crippen molar-refractivity contribution in [3.63, 3.8) is 0 Å². The second-order valence-electron chi connectivity index (χ2n) is 3.53. The molecule has 0 spiro atoms. The van der Waals surface area contributed by atoms with Crippen molar-refractivity contribution in [2.45, 2.75) is 13.8 Å². The first-order valence-electron chi connectivity index (χ1n) is 5.36. The lowest BCUT2D eigenvalue weighted by Gasteiger charge is -2.03. The lowest BCUT2D eigenvalue weighted by atomic mass is 10.1. The number of rotatable bonds is 3. The van der Waals surface area contributed by atoms with Crippen LogP contribution in [-0.2, 0) is 4.74 Å². The summed E-state index contributed by atoms with van der Waals surface area (Å²) in [5.74, 6) is -0.356. The first-order valence-corrected chi connectivity index (χ1v) is 5.36. The first-order chi connectivity index (χ1) is 8.24. The van der Waals surface area contributed by atoms with Crippen LogP contribution in [0.3, 0.4) is 0 Å². The third-order valence-electron chi connectivity index (χ3n) is 2.38. The molecular formula is C12H13N3O2. The van der Waals surface area contributed by atoms with Crippen molar-refractivity contribution in [1.29, 1.82) is 0 Å². The molecule has 0 amide bonds. The average molecular weight is 231 g/mol. The van der Waals surface area contributed by atoms with Gasteiger partial charge in [-0.1, -0.05) is 0 Å². The Hall–Kier alpha value is -2.17. The standard InChI is InChI=1S/C12H13N3O2/c1-3-17-12(16)10-8(2)14-15-11(10)9-4-6-13-7-5-9/h4-7H,3H2,1-2H3,(H,14,15). The number of carbonyl (C=O) groups is 1. The Bertz CT molecular complexity index is 520. The van der Waals surface area contributed by atoms with Gasteiger partial charge >= 0.3 is 5.97 Å². The van der Waals surface area contributed by atoms with Crippen molar-refractivity contribution in [2.75, 3.05) is 6.61 Å². The predicted octanol–water partition coefficient (Wildman–Crippen LogP) is 1.96. The van der Waals surface area contributed by atoms with Crippen LogP contribution in [-0.4, -0.2) is 27.8 Å². The molecule has 0 aliphatic rings. The minimum Gasteiger partial charge on any atom is -0.462 e. The molecule has 2 aromatic heterocycles. The van der Waals surface area contributed by atoms with E-state index in [0.29, 0.717) is 23.6 Å². The number of aromatic amines is 1. The third-order valence-corrected chi connectivity index (χ3v) is 2.38. The van der Waals surface area contributed by atoms with Gasteiger partial charge in [0.1, 0.15) is 11.3 Å². The minimum atomic E-state index is -0.356. The summed E-state index contributed by atoms with van der Waals surface area (Å²) < 4.78 is 5.01. The van der Waals surface area contributed by atoms with E-state index in [1.165, 1.54) is 0 Å². The number of nitrogens with zero attached hydrogens (tertiary/aromatic N) is 2. The fraction of sp³-hybridized carbons (Fsp3) is 0.250. The van der Waals surface area contributed by atoms with Crippen LogP contribution in [0.4, 0.5) is 0 Å². The highest BCUT2D eigenvalue weighted by molar-refractivity contribution is 5.97. The fourth-order valence-corrected chi connectivity index (χ4v) is 1.60. The Balaban J connectivity index is 2.46. The van der Waals surface area contributed by atoms with E-state index in [1.807, 2.05) is 0 Å². The molecule has 2 heterocycles. The molecule has 0 bridgehead atoms. The van der Waals surface area contributed by atoms with Gasteiger partial charge in [0.25, 0.3) is 0 Å². The van der Waals surface area contributed by atoms with Gasteiger partial charge in [0.2, 0.25) is 0 Å². The Kier molecular flexibility index (Phi) is 3.18. The molecular weight excluding hydrogens is 218 g/mol. The molecule has 2 aromatic rings. The molecule has 88 valence electrons. The highest BCUT2D eigenvalue weighted by Gasteiger charge is 2.20. The van der Waals surface area contributed by atoms with Gasteiger partial charge in [0.05, 0.1) is 6.61 Å². The lowest BCUT2D eigenvalue weighted by molar-refractivity contribution is 0.0526. The Morgan fingerprint density at radius 1 is 1.41 bits per heavy atom.